The predicted octanol–water partition coefficient (Wildman–Crippen LogP) is 1.04. The van der Waals surface area contributed by atoms with Gasteiger partial charge in [0.1, 0.15) is 6.73 Å². The first kappa shape index (κ1) is 9.48. The second kappa shape index (κ2) is 5.11. The molecule has 0 aromatic rings. The Balaban J connectivity index is 2.09. The highest BCUT2D eigenvalue weighted by Crippen LogP contribution is 2.00. The van der Waals surface area contributed by atoms with Crippen LogP contribution in [-0.4, -0.2) is 37.2 Å². The topological polar surface area (TPSA) is 34.1 Å². The molecule has 4 heteroatoms. The lowest BCUT2D eigenvalue weighted by Crippen LogP contribution is -2.34. The molecule has 4 nitrogen and oxygen atoms in total. The molecular formula is C8H16N2O2. The Labute approximate surface area is 73.1 Å². The summed E-state index contributed by atoms with van der Waals surface area (Å²) in [5, 5.41) is 3.84. The van der Waals surface area contributed by atoms with Crippen molar-refractivity contribution in [2.45, 2.75) is 20.3 Å². The van der Waals surface area contributed by atoms with E-state index in [9.17, 15) is 0 Å². The maximum atomic E-state index is 5.24. The molecule has 1 heterocycles. The molecule has 70 valence electrons. The van der Waals surface area contributed by atoms with Crippen LogP contribution in [0.1, 0.15) is 20.3 Å². The average Bonchev–Trinajstić information content (AvgIpc) is 2.05. The molecule has 0 N–H and O–H groups in total. The number of rotatable bonds is 3. The lowest BCUT2D eigenvalue weighted by molar-refractivity contribution is -0.0728. The van der Waals surface area contributed by atoms with Gasteiger partial charge >= 0.3 is 0 Å². The molecule has 0 aromatic heterocycles. The summed E-state index contributed by atoms with van der Waals surface area (Å²) in [6.07, 6.45) is 1.08. The van der Waals surface area contributed by atoms with Crippen LogP contribution >= 0.6 is 0 Å². The zero-order valence-electron chi connectivity index (χ0n) is 7.75. The molecule has 0 spiro atoms. The van der Waals surface area contributed by atoms with Crippen LogP contribution in [0, 0.1) is 0 Å². The minimum atomic E-state index is 0.533. The van der Waals surface area contributed by atoms with Crippen LogP contribution in [0.2, 0.25) is 0 Å². The normalized spacial score (nSPS) is 18.8. The molecule has 1 fully saturated rings. The summed E-state index contributed by atoms with van der Waals surface area (Å²) >= 11 is 0. The monoisotopic (exact) mass is 172 g/mol. The summed E-state index contributed by atoms with van der Waals surface area (Å²) in [6, 6.07) is 0. The van der Waals surface area contributed by atoms with Gasteiger partial charge in [0, 0.05) is 13.2 Å². The molecule has 1 rings (SSSR count). The molecule has 0 atom stereocenters. The molecule has 0 aromatic carbocycles. The fraction of sp³-hybridized carbons (Fsp3) is 0.875. The average molecular weight is 172 g/mol. The molecule has 0 unspecified atom stereocenters. The van der Waals surface area contributed by atoms with Crippen LogP contribution in [0.5, 0.6) is 0 Å². The highest BCUT2D eigenvalue weighted by atomic mass is 16.6. The molecule has 12 heavy (non-hydrogen) atoms. The molecule has 0 radical (unpaired) electrons. The molecule has 1 saturated heterocycles. The van der Waals surface area contributed by atoms with Gasteiger partial charge in [0.05, 0.1) is 5.71 Å². The van der Waals surface area contributed by atoms with Crippen LogP contribution in [0.15, 0.2) is 5.16 Å². The third-order valence-electron chi connectivity index (χ3n) is 1.52. The van der Waals surface area contributed by atoms with E-state index < -0.39 is 0 Å². The zero-order valence-corrected chi connectivity index (χ0v) is 7.75. The predicted molar refractivity (Wildman–Crippen MR) is 46.9 cm³/mol. The summed E-state index contributed by atoms with van der Waals surface area (Å²) < 4.78 is 5.24. The molecule has 1 aliphatic rings. The zero-order chi connectivity index (χ0) is 8.81. The van der Waals surface area contributed by atoms with E-state index in [4.69, 9.17) is 9.57 Å². The van der Waals surface area contributed by atoms with Crippen LogP contribution in [0.25, 0.3) is 0 Å². The second-order valence-electron chi connectivity index (χ2n) is 3.08. The lowest BCUT2D eigenvalue weighted by atomic mass is 10.4. The fourth-order valence-electron chi connectivity index (χ4n) is 0.990. The van der Waals surface area contributed by atoms with Crippen molar-refractivity contribution < 1.29 is 9.57 Å². The maximum absolute atomic E-state index is 5.24. The molecule has 0 aliphatic carbocycles. The smallest absolute Gasteiger partial charge is 0.172 e. The third kappa shape index (κ3) is 3.69. The first-order valence-electron chi connectivity index (χ1n) is 4.22. The van der Waals surface area contributed by atoms with Crippen molar-refractivity contribution in [2.75, 3.05) is 26.6 Å². The Hall–Kier alpha value is -0.610. The van der Waals surface area contributed by atoms with E-state index in [0.29, 0.717) is 13.5 Å². The van der Waals surface area contributed by atoms with Gasteiger partial charge in [-0.25, -0.2) is 4.90 Å². The number of nitrogens with zero attached hydrogens (tertiary/aromatic N) is 2. The van der Waals surface area contributed by atoms with Crippen molar-refractivity contribution in [2.24, 2.45) is 5.16 Å². The van der Waals surface area contributed by atoms with Crippen molar-refractivity contribution in [3.05, 3.63) is 0 Å². The molecule has 0 saturated carbocycles. The Morgan fingerprint density at radius 2 is 2.42 bits per heavy atom. The summed E-state index contributed by atoms with van der Waals surface area (Å²) in [5.41, 5.74) is 0.938. The molecule has 1 aliphatic heterocycles. The van der Waals surface area contributed by atoms with E-state index in [2.05, 4.69) is 10.1 Å². The van der Waals surface area contributed by atoms with Crippen molar-refractivity contribution in [3.63, 3.8) is 0 Å². The standard InChI is InChI=1S/C8H16N2O2/c1-8(2)9-12-7-10-4-3-5-11-6-10/h3-7H2,1-2H3. The SMILES string of the molecule is CC(C)=NOCN1CCCOC1. The van der Waals surface area contributed by atoms with Gasteiger partial charge in [-0.1, -0.05) is 5.16 Å². The maximum Gasteiger partial charge on any atom is 0.172 e. The van der Waals surface area contributed by atoms with Crippen molar-refractivity contribution in [1.29, 1.82) is 0 Å². The first-order chi connectivity index (χ1) is 5.79. The largest absolute Gasteiger partial charge is 0.380 e. The summed E-state index contributed by atoms with van der Waals surface area (Å²) in [5.74, 6) is 0. The van der Waals surface area contributed by atoms with Gasteiger partial charge in [0.25, 0.3) is 0 Å². The Bertz CT molecular complexity index is 149. The quantitative estimate of drug-likeness (QED) is 0.471. The lowest BCUT2D eigenvalue weighted by Gasteiger charge is -2.24. The number of hydrogen-bond acceptors (Lipinski definition) is 4. The summed E-state index contributed by atoms with van der Waals surface area (Å²) in [4.78, 5) is 7.15. The van der Waals surface area contributed by atoms with E-state index in [1.165, 1.54) is 0 Å². The van der Waals surface area contributed by atoms with Gasteiger partial charge in [-0.3, -0.25) is 0 Å². The van der Waals surface area contributed by atoms with Crippen molar-refractivity contribution in [1.82, 2.24) is 4.90 Å². The number of hydrogen-bond donors (Lipinski definition) is 0. The first-order valence-corrected chi connectivity index (χ1v) is 4.22. The van der Waals surface area contributed by atoms with E-state index >= 15 is 0 Å². The Morgan fingerprint density at radius 3 is 3.00 bits per heavy atom. The Morgan fingerprint density at radius 1 is 1.58 bits per heavy atom. The minimum Gasteiger partial charge on any atom is -0.380 e. The van der Waals surface area contributed by atoms with E-state index in [-0.39, 0.29) is 0 Å². The van der Waals surface area contributed by atoms with E-state index in [1.807, 2.05) is 13.8 Å². The highest BCUT2D eigenvalue weighted by Gasteiger charge is 2.09. The van der Waals surface area contributed by atoms with Gasteiger partial charge in [-0.2, -0.15) is 0 Å². The van der Waals surface area contributed by atoms with Gasteiger partial charge in [-0.15, -0.1) is 0 Å². The van der Waals surface area contributed by atoms with Gasteiger partial charge in [0.2, 0.25) is 0 Å². The van der Waals surface area contributed by atoms with Crippen LogP contribution in [-0.2, 0) is 9.57 Å². The molecular weight excluding hydrogens is 156 g/mol. The summed E-state index contributed by atoms with van der Waals surface area (Å²) in [6.45, 7) is 6.92. The second-order valence-corrected chi connectivity index (χ2v) is 3.08. The van der Waals surface area contributed by atoms with Gasteiger partial charge in [0.15, 0.2) is 6.73 Å². The minimum absolute atomic E-state index is 0.533. The molecule has 0 amide bonds. The number of oxime groups is 1. The van der Waals surface area contributed by atoms with Crippen molar-refractivity contribution >= 4 is 5.71 Å². The fourth-order valence-corrected chi connectivity index (χ4v) is 0.990. The van der Waals surface area contributed by atoms with Crippen molar-refractivity contribution in [3.8, 4) is 0 Å². The van der Waals surface area contributed by atoms with Gasteiger partial charge in [-0.05, 0) is 20.3 Å². The van der Waals surface area contributed by atoms with Gasteiger partial charge < -0.3 is 9.57 Å². The molecule has 0 bridgehead atoms. The van der Waals surface area contributed by atoms with E-state index in [1.54, 1.807) is 0 Å². The van der Waals surface area contributed by atoms with Crippen LogP contribution < -0.4 is 0 Å². The number of ether oxygens (including phenoxy) is 1. The highest BCUT2D eigenvalue weighted by molar-refractivity contribution is 5.78. The third-order valence-corrected chi connectivity index (χ3v) is 1.52. The van der Waals surface area contributed by atoms with E-state index in [0.717, 1.165) is 25.3 Å². The van der Waals surface area contributed by atoms with Crippen LogP contribution in [0.3, 0.4) is 0 Å². The van der Waals surface area contributed by atoms with Crippen LogP contribution in [0.4, 0.5) is 0 Å². The Kier molecular flexibility index (Phi) is 4.04. The summed E-state index contributed by atoms with van der Waals surface area (Å²) in [7, 11) is 0.